The Bertz CT molecular complexity index is 897. The molecule has 2 aromatic heterocycles. The summed E-state index contributed by atoms with van der Waals surface area (Å²) in [5.41, 5.74) is 1.02. The largest absolute Gasteiger partial charge is 0.339 e. The smallest absolute Gasteiger partial charge is 0.263 e. The molecule has 1 atom stereocenters. The molecule has 1 saturated heterocycles. The van der Waals surface area contributed by atoms with Crippen molar-refractivity contribution in [3.05, 3.63) is 20.8 Å². The van der Waals surface area contributed by atoms with Gasteiger partial charge in [-0.15, -0.1) is 11.3 Å². The average molecular weight is 409 g/mol. The Balaban J connectivity index is 1.83. The number of hydrogen-bond donors (Lipinski definition) is 0. The minimum absolute atomic E-state index is 0.00283. The van der Waals surface area contributed by atoms with Crippen molar-refractivity contribution in [2.45, 2.75) is 51.6 Å². The molecule has 8 heteroatoms. The summed E-state index contributed by atoms with van der Waals surface area (Å²) in [6, 6.07) is 0. The van der Waals surface area contributed by atoms with E-state index in [0.717, 1.165) is 53.4 Å². The van der Waals surface area contributed by atoms with Gasteiger partial charge in [-0.2, -0.15) is 0 Å². The number of aromatic nitrogens is 2. The highest BCUT2D eigenvalue weighted by molar-refractivity contribution is 8.00. The standard InChI is InChI=1S/C19H28N4O2S2/c1-6-21-8-10-22(11-9-21)17(24)14(5)27-19-20-16-15(12(3)13(4)26-16)18(25)23(19)7-2/h14H,6-11H2,1-5H3/t14-/m0/s1. The van der Waals surface area contributed by atoms with Crippen LogP contribution in [0.4, 0.5) is 0 Å². The quantitative estimate of drug-likeness (QED) is 0.562. The van der Waals surface area contributed by atoms with Crippen LogP contribution >= 0.6 is 23.1 Å². The average Bonchev–Trinajstić information content (AvgIpc) is 2.95. The number of hydrogen-bond acceptors (Lipinski definition) is 6. The van der Waals surface area contributed by atoms with Gasteiger partial charge < -0.3 is 9.80 Å². The monoisotopic (exact) mass is 408 g/mol. The first kappa shape index (κ1) is 20.4. The molecular weight excluding hydrogens is 380 g/mol. The van der Waals surface area contributed by atoms with Gasteiger partial charge in [-0.05, 0) is 39.8 Å². The van der Waals surface area contributed by atoms with Crippen molar-refractivity contribution in [2.24, 2.45) is 0 Å². The molecule has 0 N–H and O–H groups in total. The Morgan fingerprint density at radius 2 is 1.85 bits per heavy atom. The number of likely N-dealkylation sites (N-methyl/N-ethyl adjacent to an activating group) is 1. The van der Waals surface area contributed by atoms with Crippen LogP contribution < -0.4 is 5.56 Å². The van der Waals surface area contributed by atoms with Crippen molar-refractivity contribution >= 4 is 39.2 Å². The number of fused-ring (bicyclic) bond motifs is 1. The number of rotatable bonds is 5. The van der Waals surface area contributed by atoms with Crippen molar-refractivity contribution in [1.29, 1.82) is 0 Å². The molecule has 2 aromatic rings. The lowest BCUT2D eigenvalue weighted by atomic mass is 10.2. The molecule has 3 heterocycles. The van der Waals surface area contributed by atoms with Crippen LogP contribution in [0.2, 0.25) is 0 Å². The zero-order chi connectivity index (χ0) is 19.7. The van der Waals surface area contributed by atoms with E-state index in [4.69, 9.17) is 4.98 Å². The van der Waals surface area contributed by atoms with E-state index in [1.165, 1.54) is 11.8 Å². The zero-order valence-electron chi connectivity index (χ0n) is 16.7. The highest BCUT2D eigenvalue weighted by atomic mass is 32.2. The molecule has 1 amide bonds. The molecular formula is C19H28N4O2S2. The molecule has 27 heavy (non-hydrogen) atoms. The molecule has 0 saturated carbocycles. The predicted molar refractivity (Wildman–Crippen MR) is 113 cm³/mol. The lowest BCUT2D eigenvalue weighted by Gasteiger charge is -2.35. The maximum atomic E-state index is 13.0. The van der Waals surface area contributed by atoms with Crippen molar-refractivity contribution in [3.8, 4) is 0 Å². The fourth-order valence-corrected chi connectivity index (χ4v) is 5.55. The van der Waals surface area contributed by atoms with Gasteiger partial charge in [-0.3, -0.25) is 14.2 Å². The van der Waals surface area contributed by atoms with Crippen molar-refractivity contribution < 1.29 is 4.79 Å². The Hall–Kier alpha value is -1.38. The van der Waals surface area contributed by atoms with Crippen LogP contribution in [-0.2, 0) is 11.3 Å². The molecule has 1 aliphatic heterocycles. The van der Waals surface area contributed by atoms with E-state index in [2.05, 4.69) is 11.8 Å². The SMILES string of the molecule is CCN1CCN(C(=O)[C@H](C)Sc2nc3sc(C)c(C)c3c(=O)n2CC)CC1. The van der Waals surface area contributed by atoms with Crippen LogP contribution in [0.15, 0.2) is 9.95 Å². The number of thiophene rings is 1. The number of amides is 1. The third-order valence-electron chi connectivity index (χ3n) is 5.33. The second kappa shape index (κ2) is 8.32. The van der Waals surface area contributed by atoms with Crippen molar-refractivity contribution in [2.75, 3.05) is 32.7 Å². The predicted octanol–water partition coefficient (Wildman–Crippen LogP) is 2.74. The number of piperazine rings is 1. The molecule has 1 fully saturated rings. The first-order chi connectivity index (χ1) is 12.9. The molecule has 0 aliphatic carbocycles. The first-order valence-electron chi connectivity index (χ1n) is 9.55. The summed E-state index contributed by atoms with van der Waals surface area (Å²) in [6.07, 6.45) is 0. The molecule has 6 nitrogen and oxygen atoms in total. The molecule has 0 bridgehead atoms. The summed E-state index contributed by atoms with van der Waals surface area (Å²) in [6.45, 7) is 15.0. The van der Waals surface area contributed by atoms with Crippen LogP contribution in [0.5, 0.6) is 0 Å². The number of aryl methyl sites for hydroxylation is 2. The summed E-state index contributed by atoms with van der Waals surface area (Å²) in [4.78, 5) is 36.8. The number of carbonyl (C=O) groups excluding carboxylic acids is 1. The maximum Gasteiger partial charge on any atom is 0.263 e. The van der Waals surface area contributed by atoms with Gasteiger partial charge in [-0.25, -0.2) is 4.98 Å². The van der Waals surface area contributed by atoms with Gasteiger partial charge in [0, 0.05) is 37.6 Å². The number of nitrogens with zero attached hydrogens (tertiary/aromatic N) is 4. The van der Waals surface area contributed by atoms with Gasteiger partial charge in [0.2, 0.25) is 5.91 Å². The summed E-state index contributed by atoms with van der Waals surface area (Å²) in [5.74, 6) is 0.131. The minimum atomic E-state index is -0.262. The molecule has 3 rings (SSSR count). The third-order valence-corrected chi connectivity index (χ3v) is 7.51. The van der Waals surface area contributed by atoms with Gasteiger partial charge in [0.1, 0.15) is 4.83 Å². The van der Waals surface area contributed by atoms with Crippen LogP contribution in [0.25, 0.3) is 10.2 Å². The van der Waals surface area contributed by atoms with Gasteiger partial charge >= 0.3 is 0 Å². The molecule has 0 aromatic carbocycles. The summed E-state index contributed by atoms with van der Waals surface area (Å²) in [7, 11) is 0. The van der Waals surface area contributed by atoms with E-state index in [1.807, 2.05) is 32.6 Å². The fraction of sp³-hybridized carbons (Fsp3) is 0.632. The first-order valence-corrected chi connectivity index (χ1v) is 11.2. The summed E-state index contributed by atoms with van der Waals surface area (Å²) < 4.78 is 1.70. The van der Waals surface area contributed by atoms with Crippen LogP contribution in [0, 0.1) is 13.8 Å². The highest BCUT2D eigenvalue weighted by Crippen LogP contribution is 2.30. The normalized spacial score (nSPS) is 16.9. The highest BCUT2D eigenvalue weighted by Gasteiger charge is 2.27. The number of carbonyl (C=O) groups is 1. The maximum absolute atomic E-state index is 13.0. The van der Waals surface area contributed by atoms with Gasteiger partial charge in [0.25, 0.3) is 5.56 Å². The van der Waals surface area contributed by atoms with Gasteiger partial charge in [0.15, 0.2) is 5.16 Å². The van der Waals surface area contributed by atoms with Gasteiger partial charge in [0.05, 0.1) is 10.6 Å². The van der Waals surface area contributed by atoms with Crippen LogP contribution in [0.1, 0.15) is 31.2 Å². The lowest BCUT2D eigenvalue weighted by Crippen LogP contribution is -2.50. The Kier molecular flexibility index (Phi) is 6.28. The topological polar surface area (TPSA) is 58.4 Å². The van der Waals surface area contributed by atoms with E-state index >= 15 is 0 Å². The third kappa shape index (κ3) is 3.93. The molecule has 0 unspecified atom stereocenters. The van der Waals surface area contributed by atoms with E-state index in [9.17, 15) is 9.59 Å². The second-order valence-corrected chi connectivity index (χ2v) is 9.44. The minimum Gasteiger partial charge on any atom is -0.339 e. The van der Waals surface area contributed by atoms with Crippen LogP contribution in [-0.4, -0.2) is 63.2 Å². The lowest BCUT2D eigenvalue weighted by molar-refractivity contribution is -0.132. The van der Waals surface area contributed by atoms with E-state index < -0.39 is 0 Å². The van der Waals surface area contributed by atoms with E-state index in [1.54, 1.807) is 15.9 Å². The van der Waals surface area contributed by atoms with Gasteiger partial charge in [-0.1, -0.05) is 18.7 Å². The van der Waals surface area contributed by atoms with E-state index in [0.29, 0.717) is 11.7 Å². The summed E-state index contributed by atoms with van der Waals surface area (Å²) >= 11 is 2.95. The van der Waals surface area contributed by atoms with E-state index in [-0.39, 0.29) is 16.7 Å². The Morgan fingerprint density at radius 1 is 1.19 bits per heavy atom. The number of thioether (sulfide) groups is 1. The second-order valence-electron chi connectivity index (χ2n) is 6.93. The molecule has 1 aliphatic rings. The Morgan fingerprint density at radius 3 is 2.44 bits per heavy atom. The molecule has 0 radical (unpaired) electrons. The summed E-state index contributed by atoms with van der Waals surface area (Å²) in [5, 5.41) is 1.10. The fourth-order valence-electron chi connectivity index (χ4n) is 3.43. The molecule has 0 spiro atoms. The zero-order valence-corrected chi connectivity index (χ0v) is 18.4. The van der Waals surface area contributed by atoms with Crippen LogP contribution in [0.3, 0.4) is 0 Å². The van der Waals surface area contributed by atoms with Crippen molar-refractivity contribution in [3.63, 3.8) is 0 Å². The molecule has 148 valence electrons. The Labute approximate surface area is 168 Å². The van der Waals surface area contributed by atoms with Crippen molar-refractivity contribution in [1.82, 2.24) is 19.4 Å².